The van der Waals surface area contributed by atoms with Crippen LogP contribution < -0.4 is 5.32 Å². The van der Waals surface area contributed by atoms with Gasteiger partial charge in [-0.2, -0.15) is 0 Å². The summed E-state index contributed by atoms with van der Waals surface area (Å²) < 4.78 is 7.06. The molecule has 0 fully saturated rings. The van der Waals surface area contributed by atoms with Gasteiger partial charge in [-0.25, -0.2) is 9.78 Å². The molecule has 194 valence electrons. The van der Waals surface area contributed by atoms with E-state index in [1.54, 1.807) is 24.5 Å². The molecule has 0 bridgehead atoms. The molecule has 39 heavy (non-hydrogen) atoms. The highest BCUT2D eigenvalue weighted by Crippen LogP contribution is 2.40. The van der Waals surface area contributed by atoms with E-state index in [1.165, 1.54) is 13.3 Å². The molecule has 3 aromatic carbocycles. The van der Waals surface area contributed by atoms with Crippen LogP contribution in [0.2, 0.25) is 0 Å². The Morgan fingerprint density at radius 2 is 1.33 bits per heavy atom. The van der Waals surface area contributed by atoms with Gasteiger partial charge in [0.05, 0.1) is 19.1 Å². The molecule has 7 heteroatoms. The average molecular weight is 517 g/mol. The number of nitrogens with zero attached hydrogens (tertiary/aromatic N) is 3. The zero-order chi connectivity index (χ0) is 27.1. The van der Waals surface area contributed by atoms with E-state index < -0.39 is 23.5 Å². The zero-order valence-corrected chi connectivity index (χ0v) is 21.5. The minimum absolute atomic E-state index is 0.146. The fourth-order valence-electron chi connectivity index (χ4n) is 4.91. The summed E-state index contributed by atoms with van der Waals surface area (Å²) in [5, 5.41) is 2.75. The lowest BCUT2D eigenvalue weighted by Crippen LogP contribution is -2.43. The SMILES string of the molecule is COC(=O)[C@H](Cc1cn(C(c2ccccc2)(c2ccccc2)c2ccccc2)cn1)NC(=O)c1ccccn1. The number of carbonyl (C=O) groups excluding carboxylic acids is 2. The molecule has 0 radical (unpaired) electrons. The van der Waals surface area contributed by atoms with Crippen molar-refractivity contribution in [1.29, 1.82) is 0 Å². The first kappa shape index (κ1) is 25.6. The number of benzene rings is 3. The fourth-order valence-corrected chi connectivity index (χ4v) is 4.91. The molecule has 1 atom stereocenters. The third-order valence-electron chi connectivity index (χ3n) is 6.70. The van der Waals surface area contributed by atoms with Crippen molar-refractivity contribution in [3.05, 3.63) is 156 Å². The van der Waals surface area contributed by atoms with Gasteiger partial charge in [-0.15, -0.1) is 0 Å². The van der Waals surface area contributed by atoms with Gasteiger partial charge < -0.3 is 14.6 Å². The van der Waals surface area contributed by atoms with E-state index >= 15 is 0 Å². The monoisotopic (exact) mass is 516 g/mol. The molecule has 0 aliphatic rings. The Labute approximate surface area is 227 Å². The van der Waals surface area contributed by atoms with Crippen LogP contribution in [0.25, 0.3) is 0 Å². The van der Waals surface area contributed by atoms with Crippen LogP contribution in [0.5, 0.6) is 0 Å². The van der Waals surface area contributed by atoms with Crippen LogP contribution in [-0.2, 0) is 21.5 Å². The highest BCUT2D eigenvalue weighted by Gasteiger charge is 2.38. The Morgan fingerprint density at radius 1 is 0.795 bits per heavy atom. The molecule has 5 aromatic rings. The maximum Gasteiger partial charge on any atom is 0.328 e. The third-order valence-corrected chi connectivity index (χ3v) is 6.70. The topological polar surface area (TPSA) is 86.1 Å². The lowest BCUT2D eigenvalue weighted by atomic mass is 9.77. The summed E-state index contributed by atoms with van der Waals surface area (Å²) in [6.07, 6.45) is 5.37. The molecule has 2 heterocycles. The van der Waals surface area contributed by atoms with Gasteiger partial charge in [-0.3, -0.25) is 9.78 Å². The average Bonchev–Trinajstić information content (AvgIpc) is 3.47. The van der Waals surface area contributed by atoms with E-state index in [4.69, 9.17) is 4.74 Å². The van der Waals surface area contributed by atoms with E-state index in [1.807, 2.05) is 60.8 Å². The van der Waals surface area contributed by atoms with Gasteiger partial charge in [0.1, 0.15) is 17.3 Å². The maximum absolute atomic E-state index is 12.8. The van der Waals surface area contributed by atoms with Crippen molar-refractivity contribution < 1.29 is 14.3 Å². The number of rotatable bonds is 9. The summed E-state index contributed by atoms with van der Waals surface area (Å²) in [7, 11) is 1.30. The smallest absolute Gasteiger partial charge is 0.328 e. The van der Waals surface area contributed by atoms with Crippen LogP contribution in [0.1, 0.15) is 32.9 Å². The number of esters is 1. The van der Waals surface area contributed by atoms with E-state index in [2.05, 4.69) is 56.3 Å². The molecule has 0 aliphatic carbocycles. The van der Waals surface area contributed by atoms with Crippen LogP contribution in [0.3, 0.4) is 0 Å². The summed E-state index contributed by atoms with van der Waals surface area (Å²) >= 11 is 0. The minimum atomic E-state index is -0.938. The summed E-state index contributed by atoms with van der Waals surface area (Å²) in [6.45, 7) is 0. The van der Waals surface area contributed by atoms with Gasteiger partial charge in [0.25, 0.3) is 5.91 Å². The van der Waals surface area contributed by atoms with E-state index in [9.17, 15) is 9.59 Å². The van der Waals surface area contributed by atoms with E-state index in [0.717, 1.165) is 16.7 Å². The Balaban J connectivity index is 1.57. The summed E-state index contributed by atoms with van der Waals surface area (Å²) in [5.41, 5.74) is 3.28. The number of methoxy groups -OCH3 is 1. The number of carbonyl (C=O) groups is 2. The second kappa shape index (κ2) is 11.6. The first-order valence-electron chi connectivity index (χ1n) is 12.6. The highest BCUT2D eigenvalue weighted by molar-refractivity contribution is 5.95. The Morgan fingerprint density at radius 3 is 1.82 bits per heavy atom. The van der Waals surface area contributed by atoms with Crippen molar-refractivity contribution in [1.82, 2.24) is 19.9 Å². The molecule has 0 saturated carbocycles. The molecule has 1 N–H and O–H groups in total. The zero-order valence-electron chi connectivity index (χ0n) is 21.5. The van der Waals surface area contributed by atoms with Crippen molar-refractivity contribution >= 4 is 11.9 Å². The van der Waals surface area contributed by atoms with Gasteiger partial charge in [0.2, 0.25) is 0 Å². The van der Waals surface area contributed by atoms with Crippen LogP contribution >= 0.6 is 0 Å². The van der Waals surface area contributed by atoms with Crippen molar-refractivity contribution in [3.8, 4) is 0 Å². The van der Waals surface area contributed by atoms with Crippen LogP contribution in [-0.4, -0.2) is 39.6 Å². The Hall–Kier alpha value is -5.04. The van der Waals surface area contributed by atoms with E-state index in [0.29, 0.717) is 5.69 Å². The standard InChI is InChI=1S/C32H28N4O3/c1-39-31(38)29(35-30(37)28-19-11-12-20-33-28)21-27-22-36(23-34-27)32(24-13-5-2-6-14-24,25-15-7-3-8-16-25)26-17-9-4-10-18-26/h2-20,22-23,29H,21H2,1H3,(H,35,37)/t29-/m0/s1. The van der Waals surface area contributed by atoms with Gasteiger partial charge in [-0.05, 0) is 28.8 Å². The van der Waals surface area contributed by atoms with Crippen molar-refractivity contribution in [2.24, 2.45) is 0 Å². The molecule has 1 amide bonds. The number of pyridine rings is 1. The largest absolute Gasteiger partial charge is 0.467 e. The number of nitrogens with one attached hydrogen (secondary N) is 1. The first-order valence-corrected chi connectivity index (χ1v) is 12.6. The summed E-state index contributed by atoms with van der Waals surface area (Å²) in [4.78, 5) is 34.2. The van der Waals surface area contributed by atoms with Crippen molar-refractivity contribution in [3.63, 3.8) is 0 Å². The number of hydrogen-bond donors (Lipinski definition) is 1. The molecule has 0 spiro atoms. The molecule has 5 rings (SSSR count). The number of ether oxygens (including phenoxy) is 1. The number of aromatic nitrogens is 3. The van der Waals surface area contributed by atoms with Gasteiger partial charge in [-0.1, -0.05) is 97.1 Å². The first-order chi connectivity index (χ1) is 19.1. The Kier molecular flexibility index (Phi) is 7.59. The van der Waals surface area contributed by atoms with Crippen molar-refractivity contribution in [2.45, 2.75) is 18.0 Å². The van der Waals surface area contributed by atoms with Crippen LogP contribution in [0.15, 0.2) is 128 Å². The van der Waals surface area contributed by atoms with Crippen molar-refractivity contribution in [2.75, 3.05) is 7.11 Å². The third kappa shape index (κ3) is 5.20. The van der Waals surface area contributed by atoms with Gasteiger partial charge in [0, 0.05) is 18.8 Å². The lowest BCUT2D eigenvalue weighted by Gasteiger charge is -2.37. The molecule has 7 nitrogen and oxygen atoms in total. The van der Waals surface area contributed by atoms with Crippen LogP contribution in [0, 0.1) is 0 Å². The number of imidazole rings is 1. The Bertz CT molecular complexity index is 1420. The molecular formula is C32H28N4O3. The fraction of sp³-hybridized carbons (Fsp3) is 0.125. The lowest BCUT2D eigenvalue weighted by molar-refractivity contribution is -0.142. The predicted octanol–water partition coefficient (Wildman–Crippen LogP) is 4.63. The molecule has 2 aromatic heterocycles. The maximum atomic E-state index is 12.8. The highest BCUT2D eigenvalue weighted by atomic mass is 16.5. The molecule has 0 saturated heterocycles. The quantitative estimate of drug-likeness (QED) is 0.228. The molecular weight excluding hydrogens is 488 g/mol. The molecule has 0 aliphatic heterocycles. The number of amides is 1. The van der Waals surface area contributed by atoms with Gasteiger partial charge >= 0.3 is 5.97 Å². The molecule has 0 unspecified atom stereocenters. The van der Waals surface area contributed by atoms with Crippen LogP contribution in [0.4, 0.5) is 0 Å². The predicted molar refractivity (Wildman–Crippen MR) is 148 cm³/mol. The summed E-state index contributed by atoms with van der Waals surface area (Å²) in [6, 6.07) is 34.8. The van der Waals surface area contributed by atoms with Gasteiger partial charge in [0.15, 0.2) is 0 Å². The summed E-state index contributed by atoms with van der Waals surface area (Å²) in [5.74, 6) is -1.02. The number of hydrogen-bond acceptors (Lipinski definition) is 5. The minimum Gasteiger partial charge on any atom is -0.467 e. The normalized spacial score (nSPS) is 11.9. The van der Waals surface area contributed by atoms with E-state index in [-0.39, 0.29) is 12.1 Å². The second-order valence-corrected chi connectivity index (χ2v) is 9.05. The second-order valence-electron chi connectivity index (χ2n) is 9.05.